The number of aryl methyl sites for hydroxylation is 3. The first-order valence-corrected chi connectivity index (χ1v) is 14.5. The molecule has 3 aromatic carbocycles. The molecule has 0 atom stereocenters. The zero-order chi connectivity index (χ0) is 31.9. The number of nitrogens with zero attached hydrogens (tertiary/aromatic N) is 5. The topological polar surface area (TPSA) is 156 Å². The maximum atomic E-state index is 11.3. The number of hydrogen-bond donors (Lipinski definition) is 0. The highest BCUT2D eigenvalue weighted by Gasteiger charge is 2.37. The number of rotatable bonds is 5. The van der Waals surface area contributed by atoms with Gasteiger partial charge in [0.25, 0.3) is 5.82 Å². The number of fused-ring (bicyclic) bond motifs is 2. The van der Waals surface area contributed by atoms with Gasteiger partial charge in [-0.25, -0.2) is 17.6 Å². The average molecular weight is 606 g/mol. The molecule has 4 aromatic rings. The molecule has 12 nitrogen and oxygen atoms in total. The molecule has 0 unspecified atom stereocenters. The van der Waals surface area contributed by atoms with E-state index in [1.54, 1.807) is 35.4 Å². The molecule has 0 amide bonds. The number of nitro groups is 2. The van der Waals surface area contributed by atoms with Crippen molar-refractivity contribution in [3.8, 4) is 0 Å². The highest BCUT2D eigenvalue weighted by Crippen LogP contribution is 2.46. The molecule has 0 N–H and O–H groups in total. The van der Waals surface area contributed by atoms with Gasteiger partial charge in [-0.1, -0.05) is 55.8 Å². The Hall–Kier alpha value is -4.88. The lowest BCUT2D eigenvalue weighted by atomic mass is 9.84. The lowest BCUT2D eigenvalue weighted by Gasteiger charge is -2.23. The van der Waals surface area contributed by atoms with Crippen molar-refractivity contribution in [2.45, 2.75) is 31.1 Å². The third-order valence-electron chi connectivity index (χ3n) is 7.62. The number of benzene rings is 3. The van der Waals surface area contributed by atoms with E-state index < -0.39 is 31.3 Å². The van der Waals surface area contributed by atoms with Crippen molar-refractivity contribution >= 4 is 44.3 Å². The second kappa shape index (κ2) is 11.4. The fourth-order valence-electron chi connectivity index (χ4n) is 5.31. The zero-order valence-electron chi connectivity index (χ0n) is 24.5. The highest BCUT2D eigenvalue weighted by atomic mass is 32.2. The van der Waals surface area contributed by atoms with Gasteiger partial charge in [0.15, 0.2) is 11.0 Å². The third-order valence-corrected chi connectivity index (χ3v) is 8.47. The monoisotopic (exact) mass is 605 g/mol. The Labute approximate surface area is 248 Å². The molecule has 0 saturated heterocycles. The largest absolute Gasteiger partial charge is 0.744 e. The number of anilines is 1. The Morgan fingerprint density at radius 2 is 1.51 bits per heavy atom. The molecule has 2 heterocycles. The Bertz CT molecular complexity index is 1870. The minimum atomic E-state index is -4.27. The van der Waals surface area contributed by atoms with Crippen molar-refractivity contribution in [1.82, 2.24) is 4.57 Å². The first kappa shape index (κ1) is 31.1. The van der Waals surface area contributed by atoms with Crippen LogP contribution in [-0.4, -0.2) is 34.4 Å². The van der Waals surface area contributed by atoms with E-state index >= 15 is 0 Å². The molecular weight excluding hydrogens is 574 g/mol. The fraction of sp³-hybridized carbons (Fsp3) is 0.233. The van der Waals surface area contributed by atoms with E-state index in [2.05, 4.69) is 37.0 Å². The van der Waals surface area contributed by atoms with Crippen LogP contribution in [0.25, 0.3) is 17.1 Å². The summed E-state index contributed by atoms with van der Waals surface area (Å²) in [7, 11) is 1.34. The van der Waals surface area contributed by atoms with Crippen LogP contribution in [0.2, 0.25) is 0 Å². The second-order valence-electron chi connectivity index (χ2n) is 10.7. The SMILES string of the molecule is CN1/C(=C/C=C/c2n(C)c3cc([N+](=O)[O-])c([N+](=O)[O-])cc3[n+]2C)C(C)(C)c2ccccc21.Cc1ccc(S(=O)(=O)[O-])cc1. The summed E-state index contributed by atoms with van der Waals surface area (Å²) in [6.45, 7) is 6.19. The van der Waals surface area contributed by atoms with Crippen molar-refractivity contribution in [1.29, 1.82) is 0 Å². The number of hydrogen-bond acceptors (Lipinski definition) is 8. The summed E-state index contributed by atoms with van der Waals surface area (Å²) in [5, 5.41) is 22.7. The van der Waals surface area contributed by atoms with E-state index in [-0.39, 0.29) is 10.3 Å². The van der Waals surface area contributed by atoms with Gasteiger partial charge in [0.05, 0.1) is 41.0 Å². The average Bonchev–Trinajstić information content (AvgIpc) is 3.29. The number of nitro benzene ring substituents is 2. The lowest BCUT2D eigenvalue weighted by molar-refractivity contribution is -0.647. The van der Waals surface area contributed by atoms with E-state index in [0.29, 0.717) is 11.0 Å². The van der Waals surface area contributed by atoms with Gasteiger partial charge in [-0.3, -0.25) is 20.2 Å². The second-order valence-corrected chi connectivity index (χ2v) is 12.1. The van der Waals surface area contributed by atoms with Gasteiger partial charge in [0.1, 0.15) is 10.1 Å². The molecular formula is C30H31N5O7S. The molecule has 1 aliphatic heterocycles. The molecule has 224 valence electrons. The summed E-state index contributed by atoms with van der Waals surface area (Å²) in [4.78, 5) is 23.2. The van der Waals surface area contributed by atoms with Crippen LogP contribution in [0.5, 0.6) is 0 Å². The maximum absolute atomic E-state index is 11.3. The minimum absolute atomic E-state index is 0.155. The molecule has 13 heteroatoms. The van der Waals surface area contributed by atoms with Crippen LogP contribution < -0.4 is 9.47 Å². The number of likely N-dealkylation sites (N-methyl/N-ethyl adjacent to an activating group) is 1. The smallest absolute Gasteiger partial charge is 0.350 e. The Morgan fingerprint density at radius 3 is 2.07 bits per heavy atom. The van der Waals surface area contributed by atoms with Gasteiger partial charge in [-0.2, -0.15) is 0 Å². The summed E-state index contributed by atoms with van der Waals surface area (Å²) in [6.07, 6.45) is 5.90. The normalized spacial score (nSPS) is 15.0. The first-order valence-electron chi connectivity index (χ1n) is 13.1. The highest BCUT2D eigenvalue weighted by molar-refractivity contribution is 7.85. The van der Waals surface area contributed by atoms with Gasteiger partial charge >= 0.3 is 11.4 Å². The molecule has 0 bridgehead atoms. The van der Waals surface area contributed by atoms with Crippen LogP contribution in [0, 0.1) is 27.2 Å². The molecule has 1 aliphatic rings. The van der Waals surface area contributed by atoms with Gasteiger partial charge < -0.3 is 9.45 Å². The van der Waals surface area contributed by atoms with Crippen LogP contribution >= 0.6 is 0 Å². The number of allylic oxidation sites excluding steroid dienone is 3. The van der Waals surface area contributed by atoms with E-state index in [4.69, 9.17) is 0 Å². The standard InChI is InChI=1S/C23H24N5O4.C7H8O3S/c1-23(2)15-9-6-7-10-16(15)24(3)21(23)11-8-12-22-25(4)17-13-19(27(29)30)20(28(31)32)14-18(17)26(22)5;1-6-2-4-7(5-3-6)11(8,9)10/h6-14H,1-5H3;2-5H,1H3,(H,8,9,10)/q+1;/p-1. The molecule has 0 spiro atoms. The minimum Gasteiger partial charge on any atom is -0.744 e. The van der Waals surface area contributed by atoms with E-state index in [1.165, 1.54) is 35.5 Å². The molecule has 1 aromatic heterocycles. The number of para-hydroxylation sites is 1. The van der Waals surface area contributed by atoms with E-state index in [9.17, 15) is 33.2 Å². The van der Waals surface area contributed by atoms with E-state index in [0.717, 1.165) is 17.1 Å². The summed E-state index contributed by atoms with van der Waals surface area (Å²) in [5.41, 5.74) is 4.40. The molecule has 0 fully saturated rings. The van der Waals surface area contributed by atoms with E-state index in [1.807, 2.05) is 38.3 Å². The van der Waals surface area contributed by atoms with Crippen LogP contribution in [0.4, 0.5) is 17.1 Å². The fourth-order valence-corrected chi connectivity index (χ4v) is 5.78. The summed E-state index contributed by atoms with van der Waals surface area (Å²) < 4.78 is 34.7. The predicted molar refractivity (Wildman–Crippen MR) is 162 cm³/mol. The van der Waals surface area contributed by atoms with Crippen molar-refractivity contribution in [3.05, 3.63) is 116 Å². The van der Waals surface area contributed by atoms with Crippen molar-refractivity contribution in [3.63, 3.8) is 0 Å². The Balaban J connectivity index is 0.000000324. The van der Waals surface area contributed by atoms with Gasteiger partial charge in [0, 0.05) is 29.9 Å². The first-order chi connectivity index (χ1) is 20.1. The Morgan fingerprint density at radius 1 is 0.930 bits per heavy atom. The third kappa shape index (κ3) is 5.90. The van der Waals surface area contributed by atoms with Gasteiger partial charge in [-0.05, 0) is 36.8 Å². The molecule has 0 radical (unpaired) electrons. The summed E-state index contributed by atoms with van der Waals surface area (Å²) in [6, 6.07) is 16.6. The summed E-state index contributed by atoms with van der Waals surface area (Å²) in [5.74, 6) is 0.752. The van der Waals surface area contributed by atoms with Crippen LogP contribution in [0.3, 0.4) is 0 Å². The van der Waals surface area contributed by atoms with Crippen molar-refractivity contribution < 1.29 is 27.4 Å². The Kier molecular flexibility index (Phi) is 8.25. The summed E-state index contributed by atoms with van der Waals surface area (Å²) >= 11 is 0. The van der Waals surface area contributed by atoms with Crippen LogP contribution in [-0.2, 0) is 29.6 Å². The van der Waals surface area contributed by atoms with Gasteiger partial charge in [-0.15, -0.1) is 0 Å². The molecule has 0 aliphatic carbocycles. The predicted octanol–water partition coefficient (Wildman–Crippen LogP) is 5.04. The van der Waals surface area contributed by atoms with Crippen LogP contribution in [0.1, 0.15) is 30.8 Å². The number of imidazole rings is 1. The molecule has 43 heavy (non-hydrogen) atoms. The molecule has 0 saturated carbocycles. The van der Waals surface area contributed by atoms with Gasteiger partial charge in [0.2, 0.25) is 0 Å². The van der Waals surface area contributed by atoms with Crippen LogP contribution in [0.15, 0.2) is 83.4 Å². The lowest BCUT2D eigenvalue weighted by Crippen LogP contribution is -2.30. The van der Waals surface area contributed by atoms with Crippen molar-refractivity contribution in [2.24, 2.45) is 14.1 Å². The van der Waals surface area contributed by atoms with Crippen molar-refractivity contribution in [2.75, 3.05) is 11.9 Å². The quantitative estimate of drug-likeness (QED) is 0.133. The molecule has 5 rings (SSSR count). The maximum Gasteiger partial charge on any atom is 0.350 e. The number of aromatic nitrogens is 2. The zero-order valence-corrected chi connectivity index (χ0v) is 25.3.